The molecule has 0 aliphatic carbocycles. The van der Waals surface area contributed by atoms with Gasteiger partial charge in [0.1, 0.15) is 6.79 Å². The van der Waals surface area contributed by atoms with Gasteiger partial charge in [0.2, 0.25) is 0 Å². The molecule has 0 saturated heterocycles. The highest BCUT2D eigenvalue weighted by Gasteiger charge is 2.02. The standard InChI is InChI=1S/C11H18O4/c1-3-10(15-9-14-2)7-5-4-6-8-11(12)13/h3,6,8,10H,1,4-5,7,9H2,2H3,(H,12,13)/b8-6+/t10-/m0/s1. The molecule has 15 heavy (non-hydrogen) atoms. The molecule has 0 aromatic heterocycles. The van der Waals surface area contributed by atoms with Gasteiger partial charge in [0, 0.05) is 13.2 Å². The van der Waals surface area contributed by atoms with Crippen LogP contribution in [0.4, 0.5) is 0 Å². The molecule has 4 nitrogen and oxygen atoms in total. The minimum absolute atomic E-state index is 0.0248. The van der Waals surface area contributed by atoms with E-state index < -0.39 is 5.97 Å². The predicted octanol–water partition coefficient (Wildman–Crippen LogP) is 1.97. The third-order valence-corrected chi connectivity index (χ3v) is 1.78. The number of ether oxygens (including phenoxy) is 2. The average molecular weight is 214 g/mol. The third-order valence-electron chi connectivity index (χ3n) is 1.78. The van der Waals surface area contributed by atoms with E-state index in [0.717, 1.165) is 25.3 Å². The first-order chi connectivity index (χ1) is 7.20. The lowest BCUT2D eigenvalue weighted by molar-refractivity contribution is -0.131. The Labute approximate surface area is 90.2 Å². The van der Waals surface area contributed by atoms with Crippen LogP contribution < -0.4 is 0 Å². The van der Waals surface area contributed by atoms with Gasteiger partial charge in [0.15, 0.2) is 0 Å². The molecular weight excluding hydrogens is 196 g/mol. The van der Waals surface area contributed by atoms with Crippen molar-refractivity contribution in [2.24, 2.45) is 0 Å². The normalized spacial score (nSPS) is 12.9. The van der Waals surface area contributed by atoms with Crippen molar-refractivity contribution in [2.45, 2.75) is 25.4 Å². The van der Waals surface area contributed by atoms with Crippen LogP contribution in [-0.2, 0) is 14.3 Å². The second-order valence-corrected chi connectivity index (χ2v) is 3.02. The Balaban J connectivity index is 3.54. The van der Waals surface area contributed by atoms with Gasteiger partial charge in [-0.3, -0.25) is 0 Å². The summed E-state index contributed by atoms with van der Waals surface area (Å²) in [6.45, 7) is 3.90. The van der Waals surface area contributed by atoms with Crippen LogP contribution in [0.2, 0.25) is 0 Å². The van der Waals surface area contributed by atoms with Gasteiger partial charge in [-0.1, -0.05) is 12.2 Å². The highest BCUT2D eigenvalue weighted by molar-refractivity contribution is 5.79. The van der Waals surface area contributed by atoms with Crippen molar-refractivity contribution in [3.8, 4) is 0 Å². The predicted molar refractivity (Wildman–Crippen MR) is 57.6 cm³/mol. The number of rotatable bonds is 9. The van der Waals surface area contributed by atoms with Crippen LogP contribution in [0.3, 0.4) is 0 Å². The topological polar surface area (TPSA) is 55.8 Å². The van der Waals surface area contributed by atoms with Crippen molar-refractivity contribution in [2.75, 3.05) is 13.9 Å². The summed E-state index contributed by atoms with van der Waals surface area (Å²) >= 11 is 0. The molecule has 0 bridgehead atoms. The lowest BCUT2D eigenvalue weighted by atomic mass is 10.1. The molecule has 1 N–H and O–H groups in total. The van der Waals surface area contributed by atoms with Crippen molar-refractivity contribution < 1.29 is 19.4 Å². The second-order valence-electron chi connectivity index (χ2n) is 3.02. The van der Waals surface area contributed by atoms with E-state index in [2.05, 4.69) is 6.58 Å². The molecule has 0 aliphatic rings. The van der Waals surface area contributed by atoms with Gasteiger partial charge in [0.05, 0.1) is 6.10 Å². The molecule has 0 amide bonds. The van der Waals surface area contributed by atoms with Gasteiger partial charge >= 0.3 is 5.97 Å². The summed E-state index contributed by atoms with van der Waals surface area (Å²) in [5.41, 5.74) is 0. The van der Waals surface area contributed by atoms with Crippen LogP contribution in [0.15, 0.2) is 24.8 Å². The van der Waals surface area contributed by atoms with Crippen molar-refractivity contribution in [1.29, 1.82) is 0 Å². The fourth-order valence-corrected chi connectivity index (χ4v) is 1.05. The summed E-state index contributed by atoms with van der Waals surface area (Å²) in [6, 6.07) is 0. The molecule has 86 valence electrons. The molecule has 0 fully saturated rings. The minimum Gasteiger partial charge on any atom is -0.478 e. The highest BCUT2D eigenvalue weighted by atomic mass is 16.7. The molecule has 0 aliphatic heterocycles. The molecule has 0 unspecified atom stereocenters. The number of unbranched alkanes of at least 4 members (excludes halogenated alkanes) is 1. The average Bonchev–Trinajstić information content (AvgIpc) is 2.21. The quantitative estimate of drug-likeness (QED) is 0.276. The number of carboxylic acids is 1. The first-order valence-electron chi connectivity index (χ1n) is 4.83. The molecule has 4 heteroatoms. The summed E-state index contributed by atoms with van der Waals surface area (Å²) in [4.78, 5) is 10.1. The molecule has 0 aromatic carbocycles. The van der Waals surface area contributed by atoms with Crippen molar-refractivity contribution in [3.05, 3.63) is 24.8 Å². The van der Waals surface area contributed by atoms with E-state index in [9.17, 15) is 4.79 Å². The largest absolute Gasteiger partial charge is 0.478 e. The zero-order valence-electron chi connectivity index (χ0n) is 9.02. The fraction of sp³-hybridized carbons (Fsp3) is 0.545. The summed E-state index contributed by atoms with van der Waals surface area (Å²) in [6.07, 6.45) is 6.90. The van der Waals surface area contributed by atoms with E-state index in [1.165, 1.54) is 0 Å². The van der Waals surface area contributed by atoms with Gasteiger partial charge < -0.3 is 14.6 Å². The van der Waals surface area contributed by atoms with E-state index in [0.29, 0.717) is 0 Å². The van der Waals surface area contributed by atoms with Gasteiger partial charge in [0.25, 0.3) is 0 Å². The van der Waals surface area contributed by atoms with Gasteiger partial charge in [-0.05, 0) is 19.3 Å². The minimum atomic E-state index is -0.911. The summed E-state index contributed by atoms with van der Waals surface area (Å²) in [7, 11) is 1.57. The molecule has 0 heterocycles. The van der Waals surface area contributed by atoms with E-state index in [4.69, 9.17) is 14.6 Å². The lowest BCUT2D eigenvalue weighted by Crippen LogP contribution is -2.11. The maximum absolute atomic E-state index is 10.1. The fourth-order valence-electron chi connectivity index (χ4n) is 1.05. The Morgan fingerprint density at radius 1 is 1.60 bits per heavy atom. The molecule has 0 radical (unpaired) electrons. The Kier molecular flexibility index (Phi) is 8.72. The van der Waals surface area contributed by atoms with Gasteiger partial charge in [-0.2, -0.15) is 0 Å². The van der Waals surface area contributed by atoms with Crippen LogP contribution in [-0.4, -0.2) is 31.1 Å². The van der Waals surface area contributed by atoms with Crippen LogP contribution in [0.25, 0.3) is 0 Å². The third kappa shape index (κ3) is 9.18. The van der Waals surface area contributed by atoms with Crippen LogP contribution >= 0.6 is 0 Å². The first kappa shape index (κ1) is 13.9. The molecule has 0 saturated carbocycles. The Bertz CT molecular complexity index is 211. The van der Waals surface area contributed by atoms with E-state index >= 15 is 0 Å². The molecule has 0 rings (SSSR count). The Morgan fingerprint density at radius 2 is 2.33 bits per heavy atom. The number of aliphatic carboxylic acids is 1. The molecule has 1 atom stereocenters. The highest BCUT2D eigenvalue weighted by Crippen LogP contribution is 2.06. The van der Waals surface area contributed by atoms with Gasteiger partial charge in [-0.25, -0.2) is 4.79 Å². The van der Waals surface area contributed by atoms with Crippen molar-refractivity contribution in [3.63, 3.8) is 0 Å². The van der Waals surface area contributed by atoms with Crippen LogP contribution in [0.5, 0.6) is 0 Å². The summed E-state index contributed by atoms with van der Waals surface area (Å²) < 4.78 is 10.1. The molecule has 0 aromatic rings. The zero-order valence-corrected chi connectivity index (χ0v) is 9.02. The number of allylic oxidation sites excluding steroid dienone is 1. The van der Waals surface area contributed by atoms with Gasteiger partial charge in [-0.15, -0.1) is 6.58 Å². The number of hydrogen-bond donors (Lipinski definition) is 1. The lowest BCUT2D eigenvalue weighted by Gasteiger charge is -2.11. The summed E-state index contributed by atoms with van der Waals surface area (Å²) in [5, 5.41) is 8.34. The maximum atomic E-state index is 10.1. The second kappa shape index (κ2) is 9.43. The van der Waals surface area contributed by atoms with Crippen molar-refractivity contribution in [1.82, 2.24) is 0 Å². The van der Waals surface area contributed by atoms with Crippen molar-refractivity contribution >= 4 is 5.97 Å². The number of carboxylic acid groups (broad SMARTS) is 1. The number of methoxy groups -OCH3 is 1. The SMILES string of the molecule is C=C[C@@H](CCC/C=C/C(=O)O)OCOC. The smallest absolute Gasteiger partial charge is 0.327 e. The van der Waals surface area contributed by atoms with E-state index in [1.54, 1.807) is 19.3 Å². The maximum Gasteiger partial charge on any atom is 0.327 e. The number of hydrogen-bond acceptors (Lipinski definition) is 3. The monoisotopic (exact) mass is 214 g/mol. The summed E-state index contributed by atoms with van der Waals surface area (Å²) in [5.74, 6) is -0.911. The molecule has 0 spiro atoms. The molecular formula is C11H18O4. The van der Waals surface area contributed by atoms with E-state index in [-0.39, 0.29) is 12.9 Å². The van der Waals surface area contributed by atoms with Crippen LogP contribution in [0.1, 0.15) is 19.3 Å². The Hall–Kier alpha value is -1.13. The van der Waals surface area contributed by atoms with E-state index in [1.807, 2.05) is 0 Å². The first-order valence-corrected chi connectivity index (χ1v) is 4.83. The zero-order chi connectivity index (χ0) is 11.5. The number of carbonyl (C=O) groups is 1. The Morgan fingerprint density at radius 3 is 2.87 bits per heavy atom. The van der Waals surface area contributed by atoms with Crippen LogP contribution in [0, 0.1) is 0 Å².